The van der Waals surface area contributed by atoms with E-state index in [2.05, 4.69) is 6.07 Å². The van der Waals surface area contributed by atoms with E-state index in [0.717, 1.165) is 24.2 Å². The Hall–Kier alpha value is -0.550. The minimum atomic E-state index is -0.617. The van der Waals surface area contributed by atoms with E-state index in [1.807, 2.05) is 0 Å². The summed E-state index contributed by atoms with van der Waals surface area (Å²) in [4.78, 5) is 0. The van der Waals surface area contributed by atoms with Crippen LogP contribution in [0.1, 0.15) is 38.5 Å². The van der Waals surface area contributed by atoms with Crippen LogP contribution in [0.3, 0.4) is 0 Å². The lowest BCUT2D eigenvalue weighted by Gasteiger charge is -2.44. The minimum absolute atomic E-state index is 0.359. The lowest BCUT2D eigenvalue weighted by Crippen LogP contribution is -2.45. The molecule has 0 aliphatic heterocycles. The van der Waals surface area contributed by atoms with Gasteiger partial charge in [-0.1, -0.05) is 0 Å². The predicted octanol–water partition coefficient (Wildman–Crippen LogP) is 2.09. The van der Waals surface area contributed by atoms with Crippen molar-refractivity contribution in [1.29, 1.82) is 5.26 Å². The average Bonchev–Trinajstić information content (AvgIpc) is 2.36. The third kappa shape index (κ3) is 1.05. The average molecular weight is 191 g/mol. The topological polar surface area (TPSA) is 44.0 Å². The van der Waals surface area contributed by atoms with E-state index < -0.39 is 5.60 Å². The van der Waals surface area contributed by atoms with Crippen LogP contribution in [0, 0.1) is 35.0 Å². The Balaban J connectivity index is 1.92. The molecule has 3 rings (SSSR count). The molecule has 3 aliphatic rings. The lowest BCUT2D eigenvalue weighted by atomic mass is 9.64. The quantitative estimate of drug-likeness (QED) is 0.689. The summed E-state index contributed by atoms with van der Waals surface area (Å²) >= 11 is 0. The van der Waals surface area contributed by atoms with Gasteiger partial charge in [0.05, 0.1) is 18.1 Å². The second kappa shape index (κ2) is 2.73. The third-order valence-electron chi connectivity index (χ3n) is 4.81. The zero-order chi connectivity index (χ0) is 9.76. The fourth-order valence-corrected chi connectivity index (χ4v) is 4.51. The van der Waals surface area contributed by atoms with Gasteiger partial charge in [-0.25, -0.2) is 0 Å². The Labute approximate surface area is 84.9 Å². The summed E-state index contributed by atoms with van der Waals surface area (Å²) in [6.45, 7) is 0. The first-order chi connectivity index (χ1) is 6.71. The fraction of sp³-hybridized carbons (Fsp3) is 0.917. The minimum Gasteiger partial charge on any atom is -0.389 e. The summed E-state index contributed by atoms with van der Waals surface area (Å²) < 4.78 is 0. The number of nitrogens with zero attached hydrogens (tertiary/aromatic N) is 1. The standard InChI is InChI=1S/C12H17NO/c13-2-1-12(14)7-9-3-8-4-10(5-9)11(12)6-8/h8-11,14H,1,3-7H2/t8-,9+,10-,11?,12?/m0/s1. The van der Waals surface area contributed by atoms with Crippen molar-refractivity contribution >= 4 is 0 Å². The number of hydrogen-bond acceptors (Lipinski definition) is 2. The van der Waals surface area contributed by atoms with Gasteiger partial charge in [-0.05, 0) is 55.8 Å². The molecule has 2 nitrogen and oxygen atoms in total. The molecule has 76 valence electrons. The first kappa shape index (κ1) is 8.73. The molecular formula is C12H17NO. The zero-order valence-electron chi connectivity index (χ0n) is 8.45. The highest BCUT2D eigenvalue weighted by Crippen LogP contribution is 2.59. The van der Waals surface area contributed by atoms with Crippen LogP contribution in [0.25, 0.3) is 0 Å². The second-order valence-electron chi connectivity index (χ2n) is 5.68. The van der Waals surface area contributed by atoms with E-state index in [1.54, 1.807) is 0 Å². The Bertz CT molecular complexity index is 293. The maximum atomic E-state index is 10.5. The summed E-state index contributed by atoms with van der Waals surface area (Å²) in [5.74, 6) is 2.78. The molecule has 3 bridgehead atoms. The van der Waals surface area contributed by atoms with Gasteiger partial charge in [-0.15, -0.1) is 0 Å². The van der Waals surface area contributed by atoms with E-state index >= 15 is 0 Å². The van der Waals surface area contributed by atoms with Crippen LogP contribution in [0.5, 0.6) is 0 Å². The van der Waals surface area contributed by atoms with Crippen LogP contribution in [-0.4, -0.2) is 10.7 Å². The van der Waals surface area contributed by atoms with Crippen LogP contribution < -0.4 is 0 Å². The van der Waals surface area contributed by atoms with Gasteiger partial charge in [0.25, 0.3) is 0 Å². The highest BCUT2D eigenvalue weighted by molar-refractivity contribution is 5.08. The fourth-order valence-electron chi connectivity index (χ4n) is 4.51. The molecule has 0 aromatic carbocycles. The molecule has 2 heteroatoms. The normalized spacial score (nSPS) is 54.6. The summed E-state index contributed by atoms with van der Waals surface area (Å²) in [5.41, 5.74) is -0.617. The first-order valence-electron chi connectivity index (χ1n) is 5.80. The van der Waals surface area contributed by atoms with Gasteiger partial charge in [-0.2, -0.15) is 5.26 Å². The van der Waals surface area contributed by atoms with Crippen molar-refractivity contribution in [2.45, 2.75) is 44.1 Å². The molecule has 0 aromatic rings. The predicted molar refractivity (Wildman–Crippen MR) is 52.2 cm³/mol. The Morgan fingerprint density at radius 3 is 2.79 bits per heavy atom. The number of nitriles is 1. The first-order valence-corrected chi connectivity index (χ1v) is 5.80. The Morgan fingerprint density at radius 2 is 2.00 bits per heavy atom. The highest BCUT2D eigenvalue weighted by Gasteiger charge is 2.55. The summed E-state index contributed by atoms with van der Waals surface area (Å²) in [6.07, 6.45) is 6.43. The van der Waals surface area contributed by atoms with E-state index in [1.165, 1.54) is 25.7 Å². The third-order valence-corrected chi connectivity index (χ3v) is 4.81. The van der Waals surface area contributed by atoms with Crippen molar-refractivity contribution in [3.63, 3.8) is 0 Å². The van der Waals surface area contributed by atoms with Gasteiger partial charge in [0.2, 0.25) is 0 Å². The van der Waals surface area contributed by atoms with Gasteiger partial charge < -0.3 is 5.11 Å². The number of rotatable bonds is 1. The second-order valence-corrected chi connectivity index (χ2v) is 5.68. The molecule has 5 atom stereocenters. The Kier molecular flexibility index (Phi) is 1.70. The van der Waals surface area contributed by atoms with Crippen molar-refractivity contribution in [3.05, 3.63) is 0 Å². The summed E-state index contributed by atoms with van der Waals surface area (Å²) in [5, 5.41) is 19.3. The van der Waals surface area contributed by atoms with Crippen LogP contribution in [-0.2, 0) is 0 Å². The van der Waals surface area contributed by atoms with Crippen molar-refractivity contribution in [2.75, 3.05) is 0 Å². The van der Waals surface area contributed by atoms with Gasteiger partial charge in [0.1, 0.15) is 0 Å². The molecule has 2 unspecified atom stereocenters. The van der Waals surface area contributed by atoms with E-state index in [0.29, 0.717) is 12.3 Å². The molecule has 1 N–H and O–H groups in total. The monoisotopic (exact) mass is 191 g/mol. The van der Waals surface area contributed by atoms with Gasteiger partial charge in [0.15, 0.2) is 0 Å². The molecule has 3 aliphatic carbocycles. The van der Waals surface area contributed by atoms with E-state index in [-0.39, 0.29) is 0 Å². The van der Waals surface area contributed by atoms with Crippen LogP contribution in [0.15, 0.2) is 0 Å². The van der Waals surface area contributed by atoms with Crippen molar-refractivity contribution in [3.8, 4) is 6.07 Å². The molecule has 3 saturated carbocycles. The van der Waals surface area contributed by atoms with E-state index in [9.17, 15) is 5.11 Å². The summed E-state index contributed by atoms with van der Waals surface area (Å²) in [7, 11) is 0. The molecule has 0 heterocycles. The Morgan fingerprint density at radius 1 is 1.21 bits per heavy atom. The molecular weight excluding hydrogens is 174 g/mol. The van der Waals surface area contributed by atoms with Crippen LogP contribution in [0.4, 0.5) is 0 Å². The van der Waals surface area contributed by atoms with Crippen molar-refractivity contribution < 1.29 is 5.11 Å². The van der Waals surface area contributed by atoms with Crippen molar-refractivity contribution in [2.24, 2.45) is 23.7 Å². The van der Waals surface area contributed by atoms with Gasteiger partial charge >= 0.3 is 0 Å². The molecule has 3 fully saturated rings. The number of fused-ring (bicyclic) bond motifs is 2. The number of aliphatic hydroxyl groups is 1. The van der Waals surface area contributed by atoms with Crippen molar-refractivity contribution in [1.82, 2.24) is 0 Å². The van der Waals surface area contributed by atoms with Gasteiger partial charge in [0, 0.05) is 0 Å². The lowest BCUT2D eigenvalue weighted by molar-refractivity contribution is -0.0771. The van der Waals surface area contributed by atoms with Crippen LogP contribution in [0.2, 0.25) is 0 Å². The van der Waals surface area contributed by atoms with Crippen LogP contribution >= 0.6 is 0 Å². The molecule has 14 heavy (non-hydrogen) atoms. The number of hydrogen-bond donors (Lipinski definition) is 1. The smallest absolute Gasteiger partial charge is 0.0810 e. The van der Waals surface area contributed by atoms with Gasteiger partial charge in [-0.3, -0.25) is 0 Å². The molecule has 0 saturated heterocycles. The zero-order valence-corrected chi connectivity index (χ0v) is 8.45. The maximum absolute atomic E-state index is 10.5. The molecule has 0 radical (unpaired) electrons. The largest absolute Gasteiger partial charge is 0.389 e. The SMILES string of the molecule is N#CCC1(O)C[C@@H]2C[C@@H]3CC1[C@H](C2)C3. The molecule has 0 aromatic heterocycles. The summed E-state index contributed by atoms with van der Waals surface area (Å²) in [6, 6.07) is 2.18. The molecule has 0 amide bonds. The molecule has 0 spiro atoms. The van der Waals surface area contributed by atoms with E-state index in [4.69, 9.17) is 5.26 Å². The maximum Gasteiger partial charge on any atom is 0.0810 e. The highest BCUT2D eigenvalue weighted by atomic mass is 16.3.